The first-order chi connectivity index (χ1) is 13.1. The minimum atomic E-state index is -0.315. The van der Waals surface area contributed by atoms with Crippen molar-refractivity contribution >= 4 is 18.4 Å². The number of hydrogen-bond acceptors (Lipinski definition) is 6. The van der Waals surface area contributed by atoms with Crippen molar-refractivity contribution in [3.63, 3.8) is 0 Å². The molecule has 3 aromatic rings. The van der Waals surface area contributed by atoms with Gasteiger partial charge in [-0.15, -0.1) is 0 Å². The molecular formula is C18H17FN4O3S. The summed E-state index contributed by atoms with van der Waals surface area (Å²) in [5.41, 5.74) is 1.38. The third kappa shape index (κ3) is 3.82. The zero-order chi connectivity index (χ0) is 19.4. The second-order valence-corrected chi connectivity index (χ2v) is 5.76. The van der Waals surface area contributed by atoms with Crippen LogP contribution >= 0.6 is 12.2 Å². The normalized spacial score (nSPS) is 11.0. The summed E-state index contributed by atoms with van der Waals surface area (Å²) in [4.78, 5) is 0. The van der Waals surface area contributed by atoms with Crippen LogP contribution in [0.3, 0.4) is 0 Å². The Hall–Kier alpha value is -3.20. The molecule has 9 heteroatoms. The highest BCUT2D eigenvalue weighted by Crippen LogP contribution is 2.40. The molecule has 1 N–H and O–H groups in total. The Morgan fingerprint density at radius 3 is 2.26 bits per heavy atom. The van der Waals surface area contributed by atoms with Gasteiger partial charge in [0.1, 0.15) is 5.82 Å². The smallest absolute Gasteiger partial charge is 0.216 e. The lowest BCUT2D eigenvalue weighted by Crippen LogP contribution is -1.99. The van der Waals surface area contributed by atoms with Crippen molar-refractivity contribution in [2.75, 3.05) is 21.3 Å². The van der Waals surface area contributed by atoms with Crippen molar-refractivity contribution in [1.82, 2.24) is 14.9 Å². The number of aromatic amines is 1. The zero-order valence-electron chi connectivity index (χ0n) is 14.9. The van der Waals surface area contributed by atoms with E-state index in [-0.39, 0.29) is 5.82 Å². The predicted octanol–water partition coefficient (Wildman–Crippen LogP) is 3.65. The van der Waals surface area contributed by atoms with Crippen LogP contribution in [0.5, 0.6) is 17.2 Å². The van der Waals surface area contributed by atoms with Gasteiger partial charge in [-0.05, 0) is 42.0 Å². The predicted molar refractivity (Wildman–Crippen MR) is 102 cm³/mol. The van der Waals surface area contributed by atoms with Crippen LogP contribution in [-0.4, -0.2) is 42.4 Å². The molecule has 3 rings (SSSR count). The maximum absolute atomic E-state index is 13.0. The molecule has 140 valence electrons. The highest BCUT2D eigenvalue weighted by atomic mass is 32.1. The number of ether oxygens (including phenoxy) is 3. The summed E-state index contributed by atoms with van der Waals surface area (Å²) in [6, 6.07) is 9.43. The van der Waals surface area contributed by atoms with Gasteiger partial charge in [0, 0.05) is 5.56 Å². The van der Waals surface area contributed by atoms with Crippen LogP contribution < -0.4 is 14.2 Å². The van der Waals surface area contributed by atoms with E-state index in [1.54, 1.807) is 30.5 Å². The van der Waals surface area contributed by atoms with E-state index in [1.165, 1.54) is 38.1 Å². The van der Waals surface area contributed by atoms with Gasteiger partial charge in [-0.2, -0.15) is 14.9 Å². The first-order valence-corrected chi connectivity index (χ1v) is 8.26. The number of aromatic nitrogens is 3. The number of nitrogens with one attached hydrogen (secondary N) is 1. The molecule has 0 aliphatic heterocycles. The quantitative estimate of drug-likeness (QED) is 0.515. The molecule has 0 saturated heterocycles. The lowest BCUT2D eigenvalue weighted by molar-refractivity contribution is 0.324. The van der Waals surface area contributed by atoms with Crippen LogP contribution in [0.25, 0.3) is 11.4 Å². The Bertz CT molecular complexity index is 1000. The van der Waals surface area contributed by atoms with Gasteiger partial charge in [0.15, 0.2) is 17.3 Å². The molecule has 0 unspecified atom stereocenters. The molecule has 0 fully saturated rings. The van der Waals surface area contributed by atoms with E-state index in [9.17, 15) is 4.39 Å². The molecule has 0 radical (unpaired) electrons. The van der Waals surface area contributed by atoms with Gasteiger partial charge in [-0.25, -0.2) is 9.49 Å². The number of H-pyrrole nitrogens is 1. The molecule has 0 aliphatic carbocycles. The molecule has 0 saturated carbocycles. The summed E-state index contributed by atoms with van der Waals surface area (Å²) in [6.45, 7) is 0. The first-order valence-electron chi connectivity index (χ1n) is 7.85. The van der Waals surface area contributed by atoms with Crippen molar-refractivity contribution in [1.29, 1.82) is 0 Å². The topological polar surface area (TPSA) is 73.7 Å². The summed E-state index contributed by atoms with van der Waals surface area (Å²) in [5, 5.41) is 11.3. The highest BCUT2D eigenvalue weighted by Gasteiger charge is 2.17. The van der Waals surface area contributed by atoms with E-state index in [0.717, 1.165) is 5.56 Å². The third-order valence-electron chi connectivity index (χ3n) is 3.77. The number of halogens is 1. The lowest BCUT2D eigenvalue weighted by atomic mass is 10.1. The van der Waals surface area contributed by atoms with Gasteiger partial charge in [0.25, 0.3) is 0 Å². The minimum Gasteiger partial charge on any atom is -0.493 e. The summed E-state index contributed by atoms with van der Waals surface area (Å²) < 4.78 is 30.9. The van der Waals surface area contributed by atoms with E-state index in [4.69, 9.17) is 26.4 Å². The van der Waals surface area contributed by atoms with E-state index in [0.29, 0.717) is 33.4 Å². The van der Waals surface area contributed by atoms with Gasteiger partial charge in [0.05, 0.1) is 27.5 Å². The molecule has 7 nitrogen and oxygen atoms in total. The monoisotopic (exact) mass is 388 g/mol. The third-order valence-corrected chi connectivity index (χ3v) is 4.03. The van der Waals surface area contributed by atoms with Gasteiger partial charge in [0.2, 0.25) is 10.5 Å². The Labute approximate surface area is 160 Å². The fourth-order valence-corrected chi connectivity index (χ4v) is 2.65. The maximum Gasteiger partial charge on any atom is 0.216 e. The van der Waals surface area contributed by atoms with Crippen molar-refractivity contribution in [3.05, 3.63) is 52.5 Å². The summed E-state index contributed by atoms with van der Waals surface area (Å²) in [7, 11) is 4.60. The number of nitrogens with zero attached hydrogens (tertiary/aromatic N) is 3. The minimum absolute atomic E-state index is 0.303. The SMILES string of the molecule is COc1cc(-c2n[nH]c(=S)n2/N=C\c2ccc(F)cc2)cc(OC)c1OC. The average molecular weight is 388 g/mol. The standard InChI is InChI=1S/C18H17FN4O3S/c1-24-14-8-12(9-15(25-2)16(14)26-3)17-21-22-18(27)23(17)20-10-11-4-6-13(19)7-5-11/h4-10H,1-3H3,(H,22,27)/b20-10-. The first kappa shape index (κ1) is 18.6. The molecule has 0 aliphatic rings. The van der Waals surface area contributed by atoms with Crippen LogP contribution in [0.4, 0.5) is 4.39 Å². The van der Waals surface area contributed by atoms with Crippen molar-refractivity contribution < 1.29 is 18.6 Å². The van der Waals surface area contributed by atoms with E-state index in [2.05, 4.69) is 15.3 Å². The van der Waals surface area contributed by atoms with Gasteiger partial charge >= 0.3 is 0 Å². The fraction of sp³-hybridized carbons (Fsp3) is 0.167. The lowest BCUT2D eigenvalue weighted by Gasteiger charge is -2.13. The molecule has 0 amide bonds. The van der Waals surface area contributed by atoms with Crippen LogP contribution in [0.1, 0.15) is 5.56 Å². The number of hydrogen-bond donors (Lipinski definition) is 1. The maximum atomic E-state index is 13.0. The van der Waals surface area contributed by atoms with Gasteiger partial charge in [-0.3, -0.25) is 0 Å². The molecule has 0 atom stereocenters. The molecular weight excluding hydrogens is 371 g/mol. The van der Waals surface area contributed by atoms with Crippen LogP contribution in [0.15, 0.2) is 41.5 Å². The van der Waals surface area contributed by atoms with Crippen molar-refractivity contribution in [2.24, 2.45) is 5.10 Å². The summed E-state index contributed by atoms with van der Waals surface area (Å²) in [6.07, 6.45) is 1.56. The molecule has 27 heavy (non-hydrogen) atoms. The van der Waals surface area contributed by atoms with E-state index >= 15 is 0 Å². The average Bonchev–Trinajstić information content (AvgIpc) is 3.06. The highest BCUT2D eigenvalue weighted by molar-refractivity contribution is 7.71. The fourth-order valence-electron chi connectivity index (χ4n) is 2.47. The molecule has 1 heterocycles. The van der Waals surface area contributed by atoms with Crippen molar-refractivity contribution in [2.45, 2.75) is 0 Å². The van der Waals surface area contributed by atoms with E-state index in [1.807, 2.05) is 0 Å². The van der Waals surface area contributed by atoms with Crippen molar-refractivity contribution in [3.8, 4) is 28.6 Å². The van der Waals surface area contributed by atoms with Crippen LogP contribution in [0, 0.1) is 10.6 Å². The van der Waals surface area contributed by atoms with Crippen LogP contribution in [-0.2, 0) is 0 Å². The number of rotatable bonds is 6. The van der Waals surface area contributed by atoms with Gasteiger partial charge in [-0.1, -0.05) is 12.1 Å². The molecule has 0 bridgehead atoms. The number of benzene rings is 2. The Morgan fingerprint density at radius 1 is 1.07 bits per heavy atom. The summed E-state index contributed by atoms with van der Waals surface area (Å²) in [5.74, 6) is 1.58. The van der Waals surface area contributed by atoms with Crippen LogP contribution in [0.2, 0.25) is 0 Å². The Morgan fingerprint density at radius 2 is 1.70 bits per heavy atom. The molecule has 2 aromatic carbocycles. The molecule has 1 aromatic heterocycles. The zero-order valence-corrected chi connectivity index (χ0v) is 15.7. The largest absolute Gasteiger partial charge is 0.493 e. The Kier molecular flexibility index (Phi) is 5.51. The number of methoxy groups -OCH3 is 3. The Balaban J connectivity index is 2.06. The second kappa shape index (κ2) is 8.00. The molecule has 0 spiro atoms. The summed E-state index contributed by atoms with van der Waals surface area (Å²) >= 11 is 5.26. The van der Waals surface area contributed by atoms with E-state index < -0.39 is 0 Å². The van der Waals surface area contributed by atoms with Gasteiger partial charge < -0.3 is 14.2 Å². The second-order valence-electron chi connectivity index (χ2n) is 5.37.